The van der Waals surface area contributed by atoms with Crippen LogP contribution in [-0.2, 0) is 0 Å². The molecule has 2 amide bonds. The van der Waals surface area contributed by atoms with Crippen LogP contribution < -0.4 is 5.32 Å². The number of amides is 2. The van der Waals surface area contributed by atoms with Crippen LogP contribution in [0.2, 0.25) is 0 Å². The zero-order chi connectivity index (χ0) is 15.6. The Balaban J connectivity index is 2.08. The molecule has 1 fully saturated rings. The summed E-state index contributed by atoms with van der Waals surface area (Å²) in [6, 6.07) is 6.19. The number of piperazine rings is 1. The van der Waals surface area contributed by atoms with Gasteiger partial charge in [0.1, 0.15) is 6.04 Å². The van der Waals surface area contributed by atoms with E-state index in [4.69, 9.17) is 0 Å². The van der Waals surface area contributed by atoms with Gasteiger partial charge in [-0.3, -0.25) is 4.90 Å². The maximum Gasteiger partial charge on any atom is 0.405 e. The molecule has 0 saturated carbocycles. The number of hydrogen-bond acceptors (Lipinski definition) is 2. The molecule has 2 atom stereocenters. The van der Waals surface area contributed by atoms with E-state index in [0.29, 0.717) is 5.69 Å². The maximum atomic E-state index is 13.0. The molecule has 2 rings (SSSR count). The molecule has 1 saturated heterocycles. The number of para-hydroxylation sites is 1. The highest BCUT2D eigenvalue weighted by molar-refractivity contribution is 5.89. The molecule has 2 unspecified atom stereocenters. The molecule has 7 heteroatoms. The second-order valence-electron chi connectivity index (χ2n) is 5.27. The third kappa shape index (κ3) is 3.66. The number of hydrogen-bond donors (Lipinski definition) is 1. The predicted octanol–water partition coefficient (Wildman–Crippen LogP) is 2.79. The summed E-state index contributed by atoms with van der Waals surface area (Å²) in [6.45, 7) is 1.59. The third-order valence-electron chi connectivity index (χ3n) is 3.75. The molecule has 1 aromatic rings. The third-order valence-corrected chi connectivity index (χ3v) is 3.75. The Morgan fingerprint density at radius 2 is 1.86 bits per heavy atom. The van der Waals surface area contributed by atoms with Gasteiger partial charge in [0, 0.05) is 24.8 Å². The predicted molar refractivity (Wildman–Crippen MR) is 74.1 cm³/mol. The first-order valence-corrected chi connectivity index (χ1v) is 6.68. The number of nitrogens with one attached hydrogen (secondary N) is 1. The molecule has 116 valence electrons. The molecule has 1 aromatic carbocycles. The van der Waals surface area contributed by atoms with Crippen LogP contribution in [0.4, 0.5) is 23.7 Å². The van der Waals surface area contributed by atoms with Crippen LogP contribution in [0.1, 0.15) is 6.92 Å². The van der Waals surface area contributed by atoms with E-state index in [-0.39, 0.29) is 19.1 Å². The van der Waals surface area contributed by atoms with Crippen LogP contribution in [0.3, 0.4) is 0 Å². The highest BCUT2D eigenvalue weighted by Crippen LogP contribution is 2.29. The van der Waals surface area contributed by atoms with E-state index >= 15 is 0 Å². The smallest absolute Gasteiger partial charge is 0.321 e. The van der Waals surface area contributed by atoms with E-state index in [1.165, 1.54) is 16.8 Å². The van der Waals surface area contributed by atoms with Crippen molar-refractivity contribution >= 4 is 11.7 Å². The number of rotatable bonds is 1. The van der Waals surface area contributed by atoms with E-state index in [2.05, 4.69) is 5.32 Å². The molecule has 0 spiro atoms. The zero-order valence-electron chi connectivity index (χ0n) is 11.9. The van der Waals surface area contributed by atoms with Crippen LogP contribution in [0.25, 0.3) is 0 Å². The average Bonchev–Trinajstić information content (AvgIpc) is 2.41. The van der Waals surface area contributed by atoms with Gasteiger partial charge in [0.05, 0.1) is 0 Å². The Morgan fingerprint density at radius 3 is 2.43 bits per heavy atom. The number of carbonyl (C=O) groups is 1. The first-order valence-electron chi connectivity index (χ1n) is 6.68. The highest BCUT2D eigenvalue weighted by Gasteiger charge is 2.47. The fourth-order valence-electron chi connectivity index (χ4n) is 2.39. The van der Waals surface area contributed by atoms with Gasteiger partial charge in [-0.2, -0.15) is 13.2 Å². The molecule has 0 aliphatic carbocycles. The molecule has 4 nitrogen and oxygen atoms in total. The lowest BCUT2D eigenvalue weighted by Gasteiger charge is -2.44. The monoisotopic (exact) mass is 301 g/mol. The number of urea groups is 1. The molecule has 1 N–H and O–H groups in total. The second kappa shape index (κ2) is 5.93. The van der Waals surface area contributed by atoms with Gasteiger partial charge in [-0.05, 0) is 26.1 Å². The summed E-state index contributed by atoms with van der Waals surface area (Å²) in [4.78, 5) is 14.6. The lowest BCUT2D eigenvalue weighted by atomic mass is 10.1. The van der Waals surface area contributed by atoms with Crippen molar-refractivity contribution in [3.8, 4) is 0 Å². The van der Waals surface area contributed by atoms with E-state index < -0.39 is 18.2 Å². The minimum Gasteiger partial charge on any atom is -0.321 e. The summed E-state index contributed by atoms with van der Waals surface area (Å²) in [7, 11) is 1.44. The van der Waals surface area contributed by atoms with Crippen molar-refractivity contribution in [2.75, 3.05) is 25.5 Å². The van der Waals surface area contributed by atoms with Gasteiger partial charge in [-0.25, -0.2) is 4.79 Å². The van der Waals surface area contributed by atoms with Gasteiger partial charge in [-0.15, -0.1) is 0 Å². The Labute approximate surface area is 121 Å². The number of benzene rings is 1. The van der Waals surface area contributed by atoms with Crippen molar-refractivity contribution in [3.63, 3.8) is 0 Å². The van der Waals surface area contributed by atoms with Gasteiger partial charge >= 0.3 is 12.2 Å². The van der Waals surface area contributed by atoms with Crippen LogP contribution in [0, 0.1) is 0 Å². The normalized spacial score (nSPS) is 24.0. The highest BCUT2D eigenvalue weighted by atomic mass is 19.4. The molecular weight excluding hydrogens is 283 g/mol. The number of alkyl halides is 3. The Kier molecular flexibility index (Phi) is 4.41. The van der Waals surface area contributed by atoms with E-state index in [1.807, 2.05) is 0 Å². The zero-order valence-corrected chi connectivity index (χ0v) is 11.9. The average molecular weight is 301 g/mol. The molecule has 0 bridgehead atoms. The molecule has 0 aromatic heterocycles. The number of carbonyl (C=O) groups excluding carboxylic acids is 1. The Morgan fingerprint density at radius 1 is 1.24 bits per heavy atom. The van der Waals surface area contributed by atoms with Gasteiger partial charge in [0.25, 0.3) is 0 Å². The minimum absolute atomic E-state index is 0.266. The standard InChI is InChI=1S/C14H18F3N3O/c1-10-8-20(9-12(19(10)2)14(15,16)17)13(21)18-11-6-4-3-5-7-11/h3-7,10,12H,8-9H2,1-2H3,(H,18,21). The Hall–Kier alpha value is -1.76. The van der Waals surface area contributed by atoms with E-state index in [0.717, 1.165) is 0 Å². The van der Waals surface area contributed by atoms with Gasteiger partial charge in [0.2, 0.25) is 0 Å². The van der Waals surface area contributed by atoms with Gasteiger partial charge < -0.3 is 10.2 Å². The van der Waals surface area contributed by atoms with Crippen molar-refractivity contribution in [2.45, 2.75) is 25.2 Å². The minimum atomic E-state index is -4.35. The molecule has 21 heavy (non-hydrogen) atoms. The fraction of sp³-hybridized carbons (Fsp3) is 0.500. The van der Waals surface area contributed by atoms with Crippen LogP contribution in [-0.4, -0.2) is 54.2 Å². The van der Waals surface area contributed by atoms with Crippen molar-refractivity contribution in [3.05, 3.63) is 30.3 Å². The summed E-state index contributed by atoms with van der Waals surface area (Å²) in [5.41, 5.74) is 0.567. The first-order chi connectivity index (χ1) is 9.79. The number of nitrogens with zero attached hydrogens (tertiary/aromatic N) is 2. The summed E-state index contributed by atoms with van der Waals surface area (Å²) in [5, 5.41) is 2.62. The van der Waals surface area contributed by atoms with Crippen LogP contribution in [0.15, 0.2) is 30.3 Å². The molecule has 1 aliphatic heterocycles. The van der Waals surface area contributed by atoms with E-state index in [9.17, 15) is 18.0 Å². The summed E-state index contributed by atoms with van der Waals surface area (Å²) < 4.78 is 39.1. The lowest BCUT2D eigenvalue weighted by Crippen LogP contribution is -2.62. The first kappa shape index (κ1) is 15.6. The van der Waals surface area contributed by atoms with Crippen molar-refractivity contribution < 1.29 is 18.0 Å². The molecule has 0 radical (unpaired) electrons. The number of halogens is 3. The summed E-state index contributed by atoms with van der Waals surface area (Å²) >= 11 is 0. The SMILES string of the molecule is CC1CN(C(=O)Nc2ccccc2)CC(C(F)(F)F)N1C. The molecule has 1 aliphatic rings. The second-order valence-corrected chi connectivity index (χ2v) is 5.27. The summed E-state index contributed by atoms with van der Waals surface area (Å²) in [6.07, 6.45) is -4.35. The van der Waals surface area contributed by atoms with Crippen LogP contribution in [0.5, 0.6) is 0 Å². The number of likely N-dealkylation sites (N-methyl/N-ethyl adjacent to an activating group) is 1. The maximum absolute atomic E-state index is 13.0. The largest absolute Gasteiger partial charge is 0.405 e. The quantitative estimate of drug-likeness (QED) is 0.866. The van der Waals surface area contributed by atoms with Crippen molar-refractivity contribution in [2.24, 2.45) is 0 Å². The lowest BCUT2D eigenvalue weighted by molar-refractivity contribution is -0.196. The van der Waals surface area contributed by atoms with Crippen LogP contribution >= 0.6 is 0 Å². The van der Waals surface area contributed by atoms with Gasteiger partial charge in [0.15, 0.2) is 0 Å². The van der Waals surface area contributed by atoms with E-state index in [1.54, 1.807) is 37.3 Å². The molecule has 1 heterocycles. The van der Waals surface area contributed by atoms with Crippen molar-refractivity contribution in [1.82, 2.24) is 9.80 Å². The van der Waals surface area contributed by atoms with Crippen molar-refractivity contribution in [1.29, 1.82) is 0 Å². The molecular formula is C14H18F3N3O. The summed E-state index contributed by atoms with van der Waals surface area (Å²) in [5.74, 6) is 0. The topological polar surface area (TPSA) is 35.6 Å². The number of anilines is 1. The Bertz CT molecular complexity index is 492. The fourth-order valence-corrected chi connectivity index (χ4v) is 2.39. The van der Waals surface area contributed by atoms with Gasteiger partial charge in [-0.1, -0.05) is 18.2 Å².